The Bertz CT molecular complexity index is 717. The molecule has 2 N–H and O–H groups in total. The van der Waals surface area contributed by atoms with Crippen molar-refractivity contribution in [2.24, 2.45) is 0 Å². The molecule has 3 rings (SSSR count). The first-order valence-electron chi connectivity index (χ1n) is 6.63. The molecule has 1 heterocycles. The number of fused-ring (bicyclic) bond motifs is 1. The number of carbonyl (C=O) groups is 1. The fourth-order valence-electron chi connectivity index (χ4n) is 2.68. The zero-order valence-corrected chi connectivity index (χ0v) is 14.3. The number of anilines is 1. The van der Waals surface area contributed by atoms with Crippen molar-refractivity contribution in [2.45, 2.75) is 12.5 Å². The highest BCUT2D eigenvalue weighted by molar-refractivity contribution is 14.1. The normalized spacial score (nSPS) is 14.7. The third kappa shape index (κ3) is 2.93. The van der Waals surface area contributed by atoms with Crippen LogP contribution in [0.25, 0.3) is 0 Å². The summed E-state index contributed by atoms with van der Waals surface area (Å²) in [5, 5.41) is 6.80. The van der Waals surface area contributed by atoms with Gasteiger partial charge in [0.25, 0.3) is 0 Å². The van der Waals surface area contributed by atoms with E-state index in [2.05, 4.69) is 51.4 Å². The minimum absolute atomic E-state index is 0.00761. The van der Waals surface area contributed by atoms with Crippen molar-refractivity contribution in [1.82, 2.24) is 5.32 Å². The number of amides is 1. The third-order valence-electron chi connectivity index (χ3n) is 3.63. The van der Waals surface area contributed by atoms with E-state index in [0.717, 1.165) is 22.4 Å². The number of halogens is 2. The number of benzene rings is 2. The van der Waals surface area contributed by atoms with Crippen molar-refractivity contribution in [1.29, 1.82) is 0 Å². The Kier molecular flexibility index (Phi) is 4.19. The maximum Gasteiger partial charge on any atom is 0.228 e. The Labute approximate surface area is 142 Å². The summed E-state index contributed by atoms with van der Waals surface area (Å²) in [5.41, 5.74) is 3.98. The van der Waals surface area contributed by atoms with E-state index < -0.39 is 0 Å². The summed E-state index contributed by atoms with van der Waals surface area (Å²) < 4.78 is 1.18. The first-order chi connectivity index (χ1) is 10.1. The van der Waals surface area contributed by atoms with Gasteiger partial charge in [-0.05, 0) is 70.6 Å². The molecular weight excluding hydrogens is 399 g/mol. The van der Waals surface area contributed by atoms with E-state index in [1.54, 1.807) is 0 Å². The monoisotopic (exact) mass is 412 g/mol. The molecule has 2 aromatic rings. The van der Waals surface area contributed by atoms with Crippen molar-refractivity contribution < 1.29 is 4.79 Å². The summed E-state index contributed by atoms with van der Waals surface area (Å²) in [7, 11) is 1.91. The molecule has 0 radical (unpaired) electrons. The SMILES string of the molecule is CNC(c1cccc(I)c1)c1cc2c(cc1Cl)NC(=O)C2. The van der Waals surface area contributed by atoms with Gasteiger partial charge in [0, 0.05) is 14.3 Å². The number of hydrogen-bond acceptors (Lipinski definition) is 2. The van der Waals surface area contributed by atoms with Crippen molar-refractivity contribution >= 4 is 45.8 Å². The van der Waals surface area contributed by atoms with Gasteiger partial charge in [-0.3, -0.25) is 4.79 Å². The summed E-state index contributed by atoms with van der Waals surface area (Å²) in [6.07, 6.45) is 0.419. The second kappa shape index (κ2) is 5.94. The summed E-state index contributed by atoms with van der Waals surface area (Å²) in [4.78, 5) is 11.5. The van der Waals surface area contributed by atoms with Crippen LogP contribution in [0.15, 0.2) is 36.4 Å². The predicted octanol–water partition coefficient (Wildman–Crippen LogP) is 3.75. The van der Waals surface area contributed by atoms with Crippen molar-refractivity contribution in [3.8, 4) is 0 Å². The molecule has 0 fully saturated rings. The number of hydrogen-bond donors (Lipinski definition) is 2. The van der Waals surface area contributed by atoms with Gasteiger partial charge in [0.15, 0.2) is 0 Å². The molecule has 1 unspecified atom stereocenters. The minimum atomic E-state index is 0.00761. The molecule has 0 spiro atoms. The second-order valence-electron chi connectivity index (χ2n) is 5.03. The molecular formula is C16H14ClIN2O. The van der Waals surface area contributed by atoms with Gasteiger partial charge in [0.2, 0.25) is 5.91 Å². The van der Waals surface area contributed by atoms with Gasteiger partial charge in [-0.15, -0.1) is 0 Å². The first-order valence-corrected chi connectivity index (χ1v) is 8.09. The quantitative estimate of drug-likeness (QED) is 0.754. The predicted molar refractivity (Wildman–Crippen MR) is 93.8 cm³/mol. The summed E-state index contributed by atoms with van der Waals surface area (Å²) in [6, 6.07) is 12.2. The van der Waals surface area contributed by atoms with Crippen molar-refractivity contribution in [3.63, 3.8) is 0 Å². The Balaban J connectivity index is 2.06. The van der Waals surface area contributed by atoms with Crippen LogP contribution in [0.5, 0.6) is 0 Å². The van der Waals surface area contributed by atoms with E-state index in [-0.39, 0.29) is 11.9 Å². The van der Waals surface area contributed by atoms with Crippen LogP contribution in [0.1, 0.15) is 22.7 Å². The highest BCUT2D eigenvalue weighted by Gasteiger charge is 2.23. The van der Waals surface area contributed by atoms with Gasteiger partial charge < -0.3 is 10.6 Å². The third-order valence-corrected chi connectivity index (χ3v) is 4.63. The lowest BCUT2D eigenvalue weighted by Crippen LogP contribution is -2.18. The largest absolute Gasteiger partial charge is 0.325 e. The van der Waals surface area contributed by atoms with Gasteiger partial charge in [0.1, 0.15) is 0 Å². The first kappa shape index (κ1) is 14.8. The van der Waals surface area contributed by atoms with Crippen LogP contribution in [0.3, 0.4) is 0 Å². The van der Waals surface area contributed by atoms with Gasteiger partial charge in [0.05, 0.1) is 12.5 Å². The Morgan fingerprint density at radius 2 is 2.14 bits per heavy atom. The lowest BCUT2D eigenvalue weighted by molar-refractivity contribution is -0.115. The van der Waals surface area contributed by atoms with E-state index in [0.29, 0.717) is 11.4 Å². The van der Waals surface area contributed by atoms with E-state index >= 15 is 0 Å². The van der Waals surface area contributed by atoms with Crippen LogP contribution in [0.2, 0.25) is 5.02 Å². The molecule has 1 amide bonds. The van der Waals surface area contributed by atoms with E-state index in [1.807, 2.05) is 25.2 Å². The molecule has 0 saturated heterocycles. The summed E-state index contributed by atoms with van der Waals surface area (Å²) >= 11 is 8.73. The molecule has 1 aliphatic rings. The lowest BCUT2D eigenvalue weighted by Gasteiger charge is -2.20. The molecule has 0 bridgehead atoms. The van der Waals surface area contributed by atoms with Crippen LogP contribution in [-0.2, 0) is 11.2 Å². The molecule has 0 saturated carbocycles. The Hall–Kier alpha value is -1.11. The highest BCUT2D eigenvalue weighted by atomic mass is 127. The average molecular weight is 413 g/mol. The molecule has 0 aromatic heterocycles. The maximum absolute atomic E-state index is 11.5. The van der Waals surface area contributed by atoms with Crippen LogP contribution < -0.4 is 10.6 Å². The lowest BCUT2D eigenvalue weighted by atomic mass is 9.96. The molecule has 2 aromatic carbocycles. The zero-order chi connectivity index (χ0) is 15.0. The summed E-state index contributed by atoms with van der Waals surface area (Å²) in [6.45, 7) is 0. The van der Waals surface area contributed by atoms with Crippen LogP contribution in [0.4, 0.5) is 5.69 Å². The second-order valence-corrected chi connectivity index (χ2v) is 6.69. The number of rotatable bonds is 3. The van der Waals surface area contributed by atoms with Crippen LogP contribution in [0, 0.1) is 3.57 Å². The fraction of sp³-hybridized carbons (Fsp3) is 0.188. The maximum atomic E-state index is 11.5. The van der Waals surface area contributed by atoms with Gasteiger partial charge >= 0.3 is 0 Å². The average Bonchev–Trinajstić information content (AvgIpc) is 2.79. The molecule has 0 aliphatic carbocycles. The Morgan fingerprint density at radius 3 is 2.86 bits per heavy atom. The van der Waals surface area contributed by atoms with E-state index in [4.69, 9.17) is 11.6 Å². The molecule has 1 atom stereocenters. The standard InChI is InChI=1S/C16H14ClIN2O/c1-19-16(9-3-2-4-11(18)5-9)12-6-10-7-15(21)20-14(10)8-13(12)17/h2-6,8,16,19H,7H2,1H3,(H,20,21). The van der Waals surface area contributed by atoms with Crippen LogP contribution in [-0.4, -0.2) is 13.0 Å². The van der Waals surface area contributed by atoms with E-state index in [1.165, 1.54) is 3.57 Å². The van der Waals surface area contributed by atoms with Gasteiger partial charge in [-0.1, -0.05) is 23.7 Å². The minimum Gasteiger partial charge on any atom is -0.325 e. The molecule has 5 heteroatoms. The molecule has 108 valence electrons. The smallest absolute Gasteiger partial charge is 0.228 e. The zero-order valence-electron chi connectivity index (χ0n) is 11.4. The number of nitrogens with one attached hydrogen (secondary N) is 2. The van der Waals surface area contributed by atoms with E-state index in [9.17, 15) is 4.79 Å². The Morgan fingerprint density at radius 1 is 1.33 bits per heavy atom. The highest BCUT2D eigenvalue weighted by Crippen LogP contribution is 2.35. The summed E-state index contributed by atoms with van der Waals surface area (Å²) in [5.74, 6) is 0.0217. The topological polar surface area (TPSA) is 41.1 Å². The molecule has 21 heavy (non-hydrogen) atoms. The van der Waals surface area contributed by atoms with Gasteiger partial charge in [-0.25, -0.2) is 0 Å². The van der Waals surface area contributed by atoms with Crippen LogP contribution >= 0.6 is 34.2 Å². The van der Waals surface area contributed by atoms with Gasteiger partial charge in [-0.2, -0.15) is 0 Å². The van der Waals surface area contributed by atoms with Crippen molar-refractivity contribution in [2.75, 3.05) is 12.4 Å². The molecule has 3 nitrogen and oxygen atoms in total. The number of carbonyl (C=O) groups excluding carboxylic acids is 1. The fourth-order valence-corrected chi connectivity index (χ4v) is 3.52. The molecule has 1 aliphatic heterocycles. The van der Waals surface area contributed by atoms with Crippen molar-refractivity contribution in [3.05, 3.63) is 61.7 Å².